The van der Waals surface area contributed by atoms with Gasteiger partial charge in [0.15, 0.2) is 0 Å². The normalized spacial score (nSPS) is 14.7. The molecule has 19 heavy (non-hydrogen) atoms. The third-order valence-electron chi connectivity index (χ3n) is 3.21. The molecule has 0 radical (unpaired) electrons. The summed E-state index contributed by atoms with van der Waals surface area (Å²) in [6.07, 6.45) is 3.38. The van der Waals surface area contributed by atoms with Gasteiger partial charge in [0.05, 0.1) is 17.9 Å². The topological polar surface area (TPSA) is 58.4 Å². The number of amides is 1. The molecule has 0 atom stereocenters. The number of carbonyl (C=O) groups excluding carboxylic acids is 1. The Labute approximate surface area is 112 Å². The van der Waals surface area contributed by atoms with Crippen molar-refractivity contribution in [1.29, 1.82) is 0 Å². The molecule has 1 fully saturated rings. The third-order valence-corrected chi connectivity index (χ3v) is 3.21. The second-order valence-corrected chi connectivity index (χ2v) is 4.98. The number of hydrogen-bond donors (Lipinski definition) is 2. The molecular formula is C14H20FN3O. The Bertz CT molecular complexity index is 460. The van der Waals surface area contributed by atoms with Gasteiger partial charge >= 0.3 is 0 Å². The quantitative estimate of drug-likeness (QED) is 0.775. The molecule has 3 N–H and O–H groups in total. The molecule has 1 aliphatic carbocycles. The Balaban J connectivity index is 1.92. The number of hydrogen-bond acceptors (Lipinski definition) is 3. The molecule has 0 bridgehead atoms. The highest BCUT2D eigenvalue weighted by atomic mass is 19.1. The Morgan fingerprint density at radius 2 is 2.26 bits per heavy atom. The number of nitrogens with zero attached hydrogens (tertiary/aromatic N) is 1. The molecule has 1 aliphatic rings. The number of carbonyl (C=O) groups is 1. The Hall–Kier alpha value is -1.62. The summed E-state index contributed by atoms with van der Waals surface area (Å²) in [7, 11) is 0. The summed E-state index contributed by atoms with van der Waals surface area (Å²) < 4.78 is 12.9. The summed E-state index contributed by atoms with van der Waals surface area (Å²) in [5, 5.41) is 2.74. The van der Waals surface area contributed by atoms with Crippen molar-refractivity contribution >= 4 is 17.3 Å². The number of benzene rings is 1. The van der Waals surface area contributed by atoms with Crippen molar-refractivity contribution in [3.63, 3.8) is 0 Å². The van der Waals surface area contributed by atoms with E-state index in [0.29, 0.717) is 18.3 Å². The number of anilines is 2. The lowest BCUT2D eigenvalue weighted by atomic mass is 10.2. The third kappa shape index (κ3) is 3.92. The Morgan fingerprint density at radius 1 is 1.53 bits per heavy atom. The van der Waals surface area contributed by atoms with Gasteiger partial charge in [-0.3, -0.25) is 9.69 Å². The van der Waals surface area contributed by atoms with Crippen LogP contribution in [0.15, 0.2) is 18.2 Å². The van der Waals surface area contributed by atoms with Crippen molar-refractivity contribution in [2.75, 3.05) is 24.1 Å². The van der Waals surface area contributed by atoms with E-state index in [-0.39, 0.29) is 11.6 Å². The predicted octanol–water partition coefficient (Wildman–Crippen LogP) is 2.22. The molecule has 1 aromatic carbocycles. The fourth-order valence-electron chi connectivity index (χ4n) is 2.14. The molecular weight excluding hydrogens is 245 g/mol. The molecule has 0 spiro atoms. The van der Waals surface area contributed by atoms with E-state index in [2.05, 4.69) is 17.1 Å². The van der Waals surface area contributed by atoms with Crippen LogP contribution in [0.2, 0.25) is 0 Å². The first-order valence-electron chi connectivity index (χ1n) is 6.69. The van der Waals surface area contributed by atoms with Gasteiger partial charge in [-0.25, -0.2) is 4.39 Å². The van der Waals surface area contributed by atoms with Crippen molar-refractivity contribution in [3.05, 3.63) is 24.0 Å². The van der Waals surface area contributed by atoms with Gasteiger partial charge < -0.3 is 11.1 Å². The van der Waals surface area contributed by atoms with Gasteiger partial charge in [0.2, 0.25) is 5.91 Å². The molecule has 2 rings (SSSR count). The van der Waals surface area contributed by atoms with E-state index in [4.69, 9.17) is 5.73 Å². The molecule has 0 aliphatic heterocycles. The number of nitrogen functional groups attached to an aromatic ring is 1. The SMILES string of the molecule is CCCN(CC(=O)Nc1ccc(F)cc1N)C1CC1. The van der Waals surface area contributed by atoms with Crippen LogP contribution in [-0.4, -0.2) is 29.9 Å². The fourth-order valence-corrected chi connectivity index (χ4v) is 2.14. The van der Waals surface area contributed by atoms with E-state index in [1.807, 2.05) is 0 Å². The van der Waals surface area contributed by atoms with Crippen LogP contribution in [0.25, 0.3) is 0 Å². The predicted molar refractivity (Wildman–Crippen MR) is 74.3 cm³/mol. The highest BCUT2D eigenvalue weighted by Gasteiger charge is 2.29. The van der Waals surface area contributed by atoms with E-state index in [0.717, 1.165) is 13.0 Å². The van der Waals surface area contributed by atoms with Gasteiger partial charge in [0.25, 0.3) is 0 Å². The average molecular weight is 265 g/mol. The highest BCUT2D eigenvalue weighted by molar-refractivity contribution is 5.95. The molecule has 5 heteroatoms. The maximum Gasteiger partial charge on any atom is 0.238 e. The van der Waals surface area contributed by atoms with E-state index in [9.17, 15) is 9.18 Å². The van der Waals surface area contributed by atoms with Gasteiger partial charge in [0, 0.05) is 6.04 Å². The molecule has 4 nitrogen and oxygen atoms in total. The standard InChI is InChI=1S/C14H20FN3O/c1-2-7-18(11-4-5-11)9-14(19)17-13-6-3-10(15)8-12(13)16/h3,6,8,11H,2,4-5,7,9,16H2,1H3,(H,17,19). The Morgan fingerprint density at radius 3 is 2.84 bits per heavy atom. The minimum atomic E-state index is -0.402. The summed E-state index contributed by atoms with van der Waals surface area (Å²) in [5.74, 6) is -0.500. The first kappa shape index (κ1) is 13.8. The molecule has 0 heterocycles. The number of rotatable bonds is 6. The summed E-state index contributed by atoms with van der Waals surface area (Å²) in [5.41, 5.74) is 6.39. The lowest BCUT2D eigenvalue weighted by Gasteiger charge is -2.20. The zero-order valence-electron chi connectivity index (χ0n) is 11.2. The molecule has 1 saturated carbocycles. The number of nitrogens with one attached hydrogen (secondary N) is 1. The van der Waals surface area contributed by atoms with Crippen LogP contribution in [0, 0.1) is 5.82 Å². The zero-order valence-corrected chi connectivity index (χ0v) is 11.2. The Kier molecular flexibility index (Phi) is 4.37. The van der Waals surface area contributed by atoms with Crippen molar-refractivity contribution in [2.24, 2.45) is 0 Å². The largest absolute Gasteiger partial charge is 0.397 e. The van der Waals surface area contributed by atoms with Gasteiger partial charge in [-0.2, -0.15) is 0 Å². The molecule has 104 valence electrons. The lowest BCUT2D eigenvalue weighted by Crippen LogP contribution is -2.35. The summed E-state index contributed by atoms with van der Waals surface area (Å²) in [6.45, 7) is 3.40. The second-order valence-electron chi connectivity index (χ2n) is 4.98. The summed E-state index contributed by atoms with van der Waals surface area (Å²) >= 11 is 0. The van der Waals surface area contributed by atoms with Crippen LogP contribution < -0.4 is 11.1 Å². The molecule has 1 amide bonds. The van der Waals surface area contributed by atoms with E-state index in [1.165, 1.54) is 31.0 Å². The lowest BCUT2D eigenvalue weighted by molar-refractivity contribution is -0.117. The molecule has 1 aromatic rings. The van der Waals surface area contributed by atoms with Crippen molar-refractivity contribution in [3.8, 4) is 0 Å². The van der Waals surface area contributed by atoms with E-state index < -0.39 is 5.82 Å². The minimum Gasteiger partial charge on any atom is -0.397 e. The first-order chi connectivity index (χ1) is 9.10. The molecule has 0 aromatic heterocycles. The summed E-state index contributed by atoms with van der Waals surface area (Å²) in [4.78, 5) is 14.2. The number of nitrogens with two attached hydrogens (primary N) is 1. The zero-order chi connectivity index (χ0) is 13.8. The maximum atomic E-state index is 12.9. The molecule has 0 unspecified atom stereocenters. The van der Waals surface area contributed by atoms with Crippen LogP contribution in [0.4, 0.5) is 15.8 Å². The second kappa shape index (κ2) is 6.02. The van der Waals surface area contributed by atoms with Crippen LogP contribution in [0.1, 0.15) is 26.2 Å². The summed E-state index contributed by atoms with van der Waals surface area (Å²) in [6, 6.07) is 4.54. The minimum absolute atomic E-state index is 0.0985. The van der Waals surface area contributed by atoms with Crippen LogP contribution >= 0.6 is 0 Å². The monoisotopic (exact) mass is 265 g/mol. The van der Waals surface area contributed by atoms with Crippen LogP contribution in [0.3, 0.4) is 0 Å². The highest BCUT2D eigenvalue weighted by Crippen LogP contribution is 2.27. The van der Waals surface area contributed by atoms with Gasteiger partial charge in [0.1, 0.15) is 5.82 Å². The van der Waals surface area contributed by atoms with E-state index in [1.54, 1.807) is 0 Å². The van der Waals surface area contributed by atoms with Gasteiger partial charge in [-0.1, -0.05) is 6.92 Å². The van der Waals surface area contributed by atoms with Crippen LogP contribution in [-0.2, 0) is 4.79 Å². The first-order valence-corrected chi connectivity index (χ1v) is 6.69. The van der Waals surface area contributed by atoms with Crippen LogP contribution in [0.5, 0.6) is 0 Å². The van der Waals surface area contributed by atoms with Gasteiger partial charge in [-0.05, 0) is 44.0 Å². The maximum absolute atomic E-state index is 12.9. The van der Waals surface area contributed by atoms with E-state index >= 15 is 0 Å². The molecule has 0 saturated heterocycles. The number of halogens is 1. The van der Waals surface area contributed by atoms with Crippen molar-refractivity contribution in [2.45, 2.75) is 32.2 Å². The smallest absolute Gasteiger partial charge is 0.238 e. The van der Waals surface area contributed by atoms with Crippen molar-refractivity contribution in [1.82, 2.24) is 4.90 Å². The van der Waals surface area contributed by atoms with Gasteiger partial charge in [-0.15, -0.1) is 0 Å². The average Bonchev–Trinajstić information content (AvgIpc) is 3.16. The van der Waals surface area contributed by atoms with Crippen molar-refractivity contribution < 1.29 is 9.18 Å². The fraction of sp³-hybridized carbons (Fsp3) is 0.500.